The number of nitrogens with one attached hydrogen (secondary N) is 1. The van der Waals surface area contributed by atoms with E-state index in [4.69, 9.17) is 5.73 Å². The highest BCUT2D eigenvalue weighted by atomic mass is 16.2. The number of primary amides is 1. The fourth-order valence-corrected chi connectivity index (χ4v) is 3.62. The van der Waals surface area contributed by atoms with Crippen molar-refractivity contribution in [2.24, 2.45) is 5.73 Å². The number of amides is 2. The van der Waals surface area contributed by atoms with E-state index in [-0.39, 0.29) is 5.91 Å². The maximum absolute atomic E-state index is 12.1. The second-order valence-electron chi connectivity index (χ2n) is 6.73. The molecule has 24 heavy (non-hydrogen) atoms. The second kappa shape index (κ2) is 7.77. The molecule has 0 aliphatic carbocycles. The number of piperazine rings is 1. The number of nitrogens with two attached hydrogens (primary N) is 1. The standard InChI is InChI=1S/C18H26N4O2/c19-18(24)14-4-6-15(7-5-14)20-17(23)8-10-21-11-12-22-9-2-1-3-16(22)13-21/h4-7,16H,1-3,8-13H2,(H2,19,24)(H,20,23)/t16-/m0/s1. The van der Waals surface area contributed by atoms with Crippen LogP contribution in [0.3, 0.4) is 0 Å². The third-order valence-electron chi connectivity index (χ3n) is 5.03. The lowest BCUT2D eigenvalue weighted by atomic mass is 9.99. The van der Waals surface area contributed by atoms with Gasteiger partial charge in [0.15, 0.2) is 0 Å². The molecule has 6 heteroatoms. The molecule has 1 aromatic carbocycles. The summed E-state index contributed by atoms with van der Waals surface area (Å²) in [6, 6.07) is 7.34. The zero-order chi connectivity index (χ0) is 16.9. The van der Waals surface area contributed by atoms with E-state index in [2.05, 4.69) is 15.1 Å². The van der Waals surface area contributed by atoms with Crippen molar-refractivity contribution in [2.45, 2.75) is 31.7 Å². The van der Waals surface area contributed by atoms with E-state index in [1.54, 1.807) is 24.3 Å². The van der Waals surface area contributed by atoms with Crippen LogP contribution in [0.1, 0.15) is 36.0 Å². The number of benzene rings is 1. The molecule has 1 atom stereocenters. The summed E-state index contributed by atoms with van der Waals surface area (Å²) < 4.78 is 0. The van der Waals surface area contributed by atoms with Gasteiger partial charge < -0.3 is 11.1 Å². The van der Waals surface area contributed by atoms with E-state index in [9.17, 15) is 9.59 Å². The Balaban J connectivity index is 1.43. The SMILES string of the molecule is NC(=O)c1ccc(NC(=O)CCN2CCN3CCCC[C@H]3C2)cc1. The molecule has 2 heterocycles. The lowest BCUT2D eigenvalue weighted by Crippen LogP contribution is -2.55. The van der Waals surface area contributed by atoms with E-state index in [1.165, 1.54) is 25.8 Å². The first-order chi connectivity index (χ1) is 11.6. The Morgan fingerprint density at radius 2 is 1.92 bits per heavy atom. The Morgan fingerprint density at radius 1 is 1.12 bits per heavy atom. The number of carbonyl (C=O) groups is 2. The highest BCUT2D eigenvalue weighted by molar-refractivity contribution is 5.94. The molecule has 1 aromatic rings. The lowest BCUT2D eigenvalue weighted by Gasteiger charge is -2.44. The first kappa shape index (κ1) is 16.9. The Morgan fingerprint density at radius 3 is 2.67 bits per heavy atom. The third kappa shape index (κ3) is 4.33. The van der Waals surface area contributed by atoms with Crippen molar-refractivity contribution in [1.82, 2.24) is 9.80 Å². The molecule has 2 saturated heterocycles. The van der Waals surface area contributed by atoms with Gasteiger partial charge in [-0.25, -0.2) is 0 Å². The first-order valence-corrected chi connectivity index (χ1v) is 8.78. The molecule has 2 aliphatic rings. The average Bonchev–Trinajstić information content (AvgIpc) is 2.60. The summed E-state index contributed by atoms with van der Waals surface area (Å²) in [6.45, 7) is 5.30. The van der Waals surface area contributed by atoms with Gasteiger partial charge in [-0.1, -0.05) is 6.42 Å². The largest absolute Gasteiger partial charge is 0.366 e. The number of nitrogens with zero attached hydrogens (tertiary/aromatic N) is 2. The van der Waals surface area contributed by atoms with E-state index in [0.29, 0.717) is 23.7 Å². The van der Waals surface area contributed by atoms with Crippen LogP contribution in [-0.4, -0.2) is 60.4 Å². The molecule has 0 spiro atoms. The van der Waals surface area contributed by atoms with Gasteiger partial charge in [-0.3, -0.25) is 19.4 Å². The van der Waals surface area contributed by atoms with Gasteiger partial charge in [-0.05, 0) is 43.7 Å². The summed E-state index contributed by atoms with van der Waals surface area (Å²) in [5.74, 6) is -0.456. The maximum Gasteiger partial charge on any atom is 0.248 e. The Bertz CT molecular complexity index is 587. The van der Waals surface area contributed by atoms with E-state index in [1.807, 2.05) is 0 Å². The summed E-state index contributed by atoms with van der Waals surface area (Å²) in [5.41, 5.74) is 6.35. The zero-order valence-corrected chi connectivity index (χ0v) is 14.0. The maximum atomic E-state index is 12.1. The van der Waals surface area contributed by atoms with Gasteiger partial charge in [0.2, 0.25) is 11.8 Å². The summed E-state index contributed by atoms with van der Waals surface area (Å²) in [6.07, 6.45) is 4.43. The minimum Gasteiger partial charge on any atom is -0.366 e. The Labute approximate surface area is 143 Å². The molecule has 2 amide bonds. The van der Waals surface area contributed by atoms with Gasteiger partial charge >= 0.3 is 0 Å². The molecule has 0 bridgehead atoms. The van der Waals surface area contributed by atoms with Crippen molar-refractivity contribution in [1.29, 1.82) is 0 Å². The highest BCUT2D eigenvalue weighted by Gasteiger charge is 2.28. The minimum absolute atomic E-state index is 0.00731. The number of hydrogen-bond donors (Lipinski definition) is 2. The molecule has 3 rings (SSSR count). The van der Waals surface area contributed by atoms with Crippen LogP contribution in [0.5, 0.6) is 0 Å². The molecule has 2 fully saturated rings. The zero-order valence-electron chi connectivity index (χ0n) is 14.0. The van der Waals surface area contributed by atoms with Crippen LogP contribution in [0.2, 0.25) is 0 Å². The highest BCUT2D eigenvalue weighted by Crippen LogP contribution is 2.21. The molecule has 0 unspecified atom stereocenters. The summed E-state index contributed by atoms with van der Waals surface area (Å²) in [4.78, 5) is 28.2. The van der Waals surface area contributed by atoms with Crippen molar-refractivity contribution in [2.75, 3.05) is 38.0 Å². The van der Waals surface area contributed by atoms with Crippen LogP contribution in [0.4, 0.5) is 5.69 Å². The van der Waals surface area contributed by atoms with E-state index >= 15 is 0 Å². The van der Waals surface area contributed by atoms with Gasteiger partial charge in [-0.15, -0.1) is 0 Å². The second-order valence-corrected chi connectivity index (χ2v) is 6.73. The first-order valence-electron chi connectivity index (χ1n) is 8.78. The Hall–Kier alpha value is -1.92. The molecule has 0 saturated carbocycles. The van der Waals surface area contributed by atoms with Gasteiger partial charge in [0.25, 0.3) is 0 Å². The molecule has 3 N–H and O–H groups in total. The van der Waals surface area contributed by atoms with Crippen LogP contribution < -0.4 is 11.1 Å². The number of anilines is 1. The average molecular weight is 330 g/mol. The molecule has 130 valence electrons. The number of rotatable bonds is 5. The van der Waals surface area contributed by atoms with Crippen LogP contribution in [0.15, 0.2) is 24.3 Å². The third-order valence-corrected chi connectivity index (χ3v) is 5.03. The van der Waals surface area contributed by atoms with Crippen LogP contribution >= 0.6 is 0 Å². The molecular formula is C18H26N4O2. The lowest BCUT2D eigenvalue weighted by molar-refractivity contribution is -0.116. The van der Waals surface area contributed by atoms with Crippen molar-refractivity contribution in [3.8, 4) is 0 Å². The molecule has 6 nitrogen and oxygen atoms in total. The van der Waals surface area contributed by atoms with Gasteiger partial charge in [0, 0.05) is 49.9 Å². The van der Waals surface area contributed by atoms with Gasteiger partial charge in [0.05, 0.1) is 0 Å². The van der Waals surface area contributed by atoms with Gasteiger partial charge in [-0.2, -0.15) is 0 Å². The molecule has 2 aliphatic heterocycles. The van der Waals surface area contributed by atoms with E-state index < -0.39 is 5.91 Å². The predicted octanol–water partition coefficient (Wildman–Crippen LogP) is 1.28. The van der Waals surface area contributed by atoms with Gasteiger partial charge in [0.1, 0.15) is 0 Å². The fourth-order valence-electron chi connectivity index (χ4n) is 3.62. The normalized spacial score (nSPS) is 21.9. The van der Waals surface area contributed by atoms with Crippen molar-refractivity contribution >= 4 is 17.5 Å². The minimum atomic E-state index is -0.463. The Kier molecular flexibility index (Phi) is 5.48. The van der Waals surface area contributed by atoms with Crippen molar-refractivity contribution < 1.29 is 9.59 Å². The monoisotopic (exact) mass is 330 g/mol. The van der Waals surface area contributed by atoms with Crippen molar-refractivity contribution in [3.05, 3.63) is 29.8 Å². The van der Waals surface area contributed by atoms with Crippen LogP contribution in [-0.2, 0) is 4.79 Å². The number of piperidine rings is 1. The topological polar surface area (TPSA) is 78.7 Å². The molecule has 0 aromatic heterocycles. The predicted molar refractivity (Wildman–Crippen MR) is 93.9 cm³/mol. The fraction of sp³-hybridized carbons (Fsp3) is 0.556. The summed E-state index contributed by atoms with van der Waals surface area (Å²) in [7, 11) is 0. The summed E-state index contributed by atoms with van der Waals surface area (Å²) in [5, 5.41) is 2.88. The van der Waals surface area contributed by atoms with Crippen LogP contribution in [0, 0.1) is 0 Å². The number of hydrogen-bond acceptors (Lipinski definition) is 4. The quantitative estimate of drug-likeness (QED) is 0.852. The molecular weight excluding hydrogens is 304 g/mol. The number of fused-ring (bicyclic) bond motifs is 1. The smallest absolute Gasteiger partial charge is 0.248 e. The number of carbonyl (C=O) groups excluding carboxylic acids is 2. The summed E-state index contributed by atoms with van der Waals surface area (Å²) >= 11 is 0. The van der Waals surface area contributed by atoms with Crippen LogP contribution in [0.25, 0.3) is 0 Å². The van der Waals surface area contributed by atoms with Crippen molar-refractivity contribution in [3.63, 3.8) is 0 Å². The van der Waals surface area contributed by atoms with E-state index in [0.717, 1.165) is 26.2 Å². The molecule has 0 radical (unpaired) electrons.